The first-order valence-corrected chi connectivity index (χ1v) is 13.2. The Balaban J connectivity index is 1.19. The number of ether oxygens (including phenoxy) is 1. The number of nitrogens with one attached hydrogen (secondary N) is 2. The van der Waals surface area contributed by atoms with Crippen LogP contribution >= 0.6 is 0 Å². The fourth-order valence-electron chi connectivity index (χ4n) is 4.63. The van der Waals surface area contributed by atoms with Crippen molar-refractivity contribution in [2.45, 2.75) is 12.3 Å². The van der Waals surface area contributed by atoms with Gasteiger partial charge < -0.3 is 25.5 Å². The highest BCUT2D eigenvalue weighted by Gasteiger charge is 2.43. The van der Waals surface area contributed by atoms with Crippen molar-refractivity contribution in [2.75, 3.05) is 16.4 Å². The Morgan fingerprint density at radius 3 is 2.30 bits per heavy atom. The van der Waals surface area contributed by atoms with Gasteiger partial charge in [-0.1, -0.05) is 42.5 Å². The van der Waals surface area contributed by atoms with Crippen LogP contribution in [0, 0.1) is 0 Å². The lowest BCUT2D eigenvalue weighted by atomic mass is 10.1. The van der Waals surface area contributed by atoms with Crippen molar-refractivity contribution < 1.29 is 31.9 Å². The highest BCUT2D eigenvalue weighted by atomic mass is 19.4. The lowest BCUT2D eigenvalue weighted by Crippen LogP contribution is -2.32. The van der Waals surface area contributed by atoms with Gasteiger partial charge in [-0.25, -0.2) is 14.8 Å². The van der Waals surface area contributed by atoms with Gasteiger partial charge in [0.15, 0.2) is 0 Å². The molecule has 0 aliphatic carbocycles. The Hall–Kier alpha value is -5.91. The summed E-state index contributed by atoms with van der Waals surface area (Å²) in [7, 11) is 0. The van der Waals surface area contributed by atoms with Crippen molar-refractivity contribution in [3.8, 4) is 11.3 Å². The van der Waals surface area contributed by atoms with E-state index in [-0.39, 0.29) is 11.3 Å². The maximum absolute atomic E-state index is 12.9. The summed E-state index contributed by atoms with van der Waals surface area (Å²) in [5.74, 6) is -2.98. The molecule has 0 fully saturated rings. The lowest BCUT2D eigenvalue weighted by Gasteiger charge is -2.19. The number of anilines is 4. The lowest BCUT2D eigenvalue weighted by molar-refractivity contribution is -0.205. The number of fused-ring (bicyclic) bond motifs is 3. The first-order valence-electron chi connectivity index (χ1n) is 13.2. The molecule has 0 saturated heterocycles. The predicted molar refractivity (Wildman–Crippen MR) is 159 cm³/mol. The van der Waals surface area contributed by atoms with Crippen LogP contribution in [0.4, 0.5) is 36.1 Å². The zero-order chi connectivity index (χ0) is 30.8. The van der Waals surface area contributed by atoms with E-state index in [4.69, 9.17) is 10.2 Å². The Bertz CT molecular complexity index is 1990. The molecule has 220 valence electrons. The number of nitrogens with two attached hydrogens (primary N) is 1. The van der Waals surface area contributed by atoms with E-state index in [0.29, 0.717) is 28.5 Å². The number of rotatable bonds is 7. The maximum Gasteiger partial charge on any atom is 0.490 e. The molecular formula is C32H22F3N5O4. The Morgan fingerprint density at radius 2 is 1.55 bits per heavy atom. The van der Waals surface area contributed by atoms with E-state index in [9.17, 15) is 22.8 Å². The fraction of sp³-hybridized carbons (Fsp3) is 0.0625. The number of hydrogen-bond donors (Lipinski definition) is 3. The van der Waals surface area contributed by atoms with Crippen LogP contribution in [0.3, 0.4) is 0 Å². The van der Waals surface area contributed by atoms with E-state index >= 15 is 0 Å². The van der Waals surface area contributed by atoms with Crippen molar-refractivity contribution >= 4 is 56.7 Å². The standard InChI is InChI=1S/C32H22F3N5O4/c33-32(34,35)31(42)44-28(18-8-10-19(36)11-9-18)30(41)40-21-14-12-20(13-15-21)39-27-16-25(37-17-38-27)24-6-3-5-23-22-4-1-2-7-26(22)43-29(23)24/h1-17,28H,36H2,(H,40,41)(H,37,38,39). The number of nitrogen functional groups attached to an aromatic ring is 1. The van der Waals surface area contributed by atoms with E-state index < -0.39 is 24.2 Å². The molecule has 44 heavy (non-hydrogen) atoms. The number of carbonyl (C=O) groups is 2. The van der Waals surface area contributed by atoms with Crippen molar-refractivity contribution in [2.24, 2.45) is 0 Å². The van der Waals surface area contributed by atoms with Crippen LogP contribution in [0.25, 0.3) is 33.2 Å². The number of esters is 1. The minimum atomic E-state index is -5.28. The molecule has 1 amide bonds. The molecule has 0 radical (unpaired) electrons. The van der Waals surface area contributed by atoms with Crippen molar-refractivity contribution in [3.63, 3.8) is 0 Å². The number of hydrogen-bond acceptors (Lipinski definition) is 8. The van der Waals surface area contributed by atoms with Gasteiger partial charge in [-0.15, -0.1) is 0 Å². The zero-order valence-corrected chi connectivity index (χ0v) is 22.6. The molecule has 0 saturated carbocycles. The predicted octanol–water partition coefficient (Wildman–Crippen LogP) is 7.15. The molecule has 6 rings (SSSR count). The average Bonchev–Trinajstić information content (AvgIpc) is 3.40. The van der Waals surface area contributed by atoms with Gasteiger partial charge in [0.05, 0.1) is 5.69 Å². The molecule has 0 spiro atoms. The molecule has 2 aromatic heterocycles. The van der Waals surface area contributed by atoms with Crippen molar-refractivity contribution in [1.29, 1.82) is 0 Å². The fourth-order valence-corrected chi connectivity index (χ4v) is 4.63. The van der Waals surface area contributed by atoms with Gasteiger partial charge in [-0.2, -0.15) is 13.2 Å². The molecule has 0 aliphatic rings. The van der Waals surface area contributed by atoms with Gasteiger partial charge in [0, 0.05) is 45.0 Å². The summed E-state index contributed by atoms with van der Waals surface area (Å²) in [5, 5.41) is 7.62. The minimum Gasteiger partial charge on any atom is -0.455 e. The minimum absolute atomic E-state index is 0.0190. The average molecular weight is 598 g/mol. The summed E-state index contributed by atoms with van der Waals surface area (Å²) in [4.78, 5) is 33.2. The maximum atomic E-state index is 12.9. The smallest absolute Gasteiger partial charge is 0.455 e. The number of para-hydroxylation sites is 2. The van der Waals surface area contributed by atoms with Gasteiger partial charge in [-0.05, 0) is 48.5 Å². The summed E-state index contributed by atoms with van der Waals surface area (Å²) >= 11 is 0. The molecule has 2 heterocycles. The number of carbonyl (C=O) groups excluding carboxylic acids is 2. The highest BCUT2D eigenvalue weighted by Crippen LogP contribution is 2.35. The molecule has 4 N–H and O–H groups in total. The quantitative estimate of drug-likeness (QED) is 0.131. The van der Waals surface area contributed by atoms with Crippen LogP contribution in [-0.4, -0.2) is 28.0 Å². The summed E-state index contributed by atoms with van der Waals surface area (Å²) in [6.07, 6.45) is -5.72. The molecule has 1 atom stereocenters. The number of halogens is 3. The number of alkyl halides is 3. The molecule has 0 aliphatic heterocycles. The third-order valence-corrected chi connectivity index (χ3v) is 6.71. The summed E-state index contributed by atoms with van der Waals surface area (Å²) in [5.41, 5.74) is 9.74. The number of benzene rings is 4. The van der Waals surface area contributed by atoms with Gasteiger partial charge in [0.25, 0.3) is 5.91 Å². The zero-order valence-electron chi connectivity index (χ0n) is 22.6. The van der Waals surface area contributed by atoms with Crippen LogP contribution < -0.4 is 16.4 Å². The summed E-state index contributed by atoms with van der Waals surface area (Å²) in [6, 6.07) is 27.1. The van der Waals surface area contributed by atoms with Crippen molar-refractivity contribution in [3.05, 3.63) is 109 Å². The summed E-state index contributed by atoms with van der Waals surface area (Å²) < 4.78 is 49.3. The second-order valence-electron chi connectivity index (χ2n) is 9.71. The molecule has 1 unspecified atom stereocenters. The molecule has 6 aromatic rings. The molecule has 12 heteroatoms. The first-order chi connectivity index (χ1) is 21.2. The first kappa shape index (κ1) is 28.2. The normalized spacial score (nSPS) is 12.2. The number of aromatic nitrogens is 2. The topological polar surface area (TPSA) is 132 Å². The second-order valence-corrected chi connectivity index (χ2v) is 9.71. The third kappa shape index (κ3) is 5.86. The van der Waals surface area contributed by atoms with Gasteiger partial charge in [0.2, 0.25) is 6.10 Å². The SMILES string of the molecule is Nc1ccc(C(OC(=O)C(F)(F)F)C(=O)Nc2ccc(Nc3cc(-c4cccc5c4oc4ccccc45)ncn3)cc2)cc1. The molecule has 4 aromatic carbocycles. The monoisotopic (exact) mass is 597 g/mol. The Kier molecular flexibility index (Phi) is 7.31. The number of furan rings is 1. The van der Waals surface area contributed by atoms with Crippen molar-refractivity contribution in [1.82, 2.24) is 9.97 Å². The number of amides is 1. The Morgan fingerprint density at radius 1 is 0.841 bits per heavy atom. The van der Waals surface area contributed by atoms with E-state index in [1.54, 1.807) is 18.2 Å². The van der Waals surface area contributed by atoms with E-state index in [0.717, 1.165) is 21.9 Å². The third-order valence-electron chi connectivity index (χ3n) is 6.71. The number of nitrogens with zero attached hydrogens (tertiary/aromatic N) is 2. The van der Waals surface area contributed by atoms with Gasteiger partial charge >= 0.3 is 12.1 Å². The van der Waals surface area contributed by atoms with Gasteiger partial charge in [0.1, 0.15) is 23.3 Å². The molecule has 0 bridgehead atoms. The summed E-state index contributed by atoms with van der Waals surface area (Å²) in [6.45, 7) is 0. The van der Waals surface area contributed by atoms with E-state index in [1.807, 2.05) is 42.5 Å². The van der Waals surface area contributed by atoms with E-state index in [1.165, 1.54) is 42.7 Å². The van der Waals surface area contributed by atoms with Crippen LogP contribution in [0.2, 0.25) is 0 Å². The largest absolute Gasteiger partial charge is 0.490 e. The van der Waals surface area contributed by atoms with E-state index in [2.05, 4.69) is 25.3 Å². The van der Waals surface area contributed by atoms with Crippen LogP contribution in [-0.2, 0) is 14.3 Å². The molecule has 9 nitrogen and oxygen atoms in total. The molecular weight excluding hydrogens is 575 g/mol. The van der Waals surface area contributed by atoms with Gasteiger partial charge in [-0.3, -0.25) is 4.79 Å². The second kappa shape index (κ2) is 11.4. The van der Waals surface area contributed by atoms with Crippen LogP contribution in [0.15, 0.2) is 108 Å². The highest BCUT2D eigenvalue weighted by molar-refractivity contribution is 6.09. The van der Waals surface area contributed by atoms with Crippen LogP contribution in [0.1, 0.15) is 11.7 Å². The van der Waals surface area contributed by atoms with Crippen LogP contribution in [0.5, 0.6) is 0 Å². The Labute approximate surface area is 247 Å².